The Bertz CT molecular complexity index is 1120. The second-order valence-electron chi connectivity index (χ2n) is 5.99. The predicted molar refractivity (Wildman–Crippen MR) is 108 cm³/mol. The van der Waals surface area contributed by atoms with Gasteiger partial charge in [-0.15, -0.1) is 10.2 Å². The highest BCUT2D eigenvalue weighted by Crippen LogP contribution is 2.25. The number of carbonyl (C=O) groups excluding carboxylic acids is 1. The van der Waals surface area contributed by atoms with E-state index >= 15 is 0 Å². The largest absolute Gasteiger partial charge is 0.305 e. The van der Waals surface area contributed by atoms with Gasteiger partial charge in [0, 0.05) is 34.8 Å². The van der Waals surface area contributed by atoms with Crippen molar-refractivity contribution in [2.24, 2.45) is 7.05 Å². The van der Waals surface area contributed by atoms with Gasteiger partial charge in [0.1, 0.15) is 0 Å². The Morgan fingerprint density at radius 1 is 1.11 bits per heavy atom. The van der Waals surface area contributed by atoms with E-state index in [-0.39, 0.29) is 11.5 Å². The number of aromatic nitrogens is 4. The summed E-state index contributed by atoms with van der Waals surface area (Å²) in [5.74, 6) is 1.06. The third kappa shape index (κ3) is 3.72. The van der Waals surface area contributed by atoms with Crippen LogP contribution in [0.2, 0.25) is 5.02 Å². The van der Waals surface area contributed by atoms with Crippen LogP contribution in [-0.4, -0.2) is 31.3 Å². The number of pyridine rings is 1. The molecule has 0 fully saturated rings. The molecule has 5 nitrogen and oxygen atoms in total. The van der Waals surface area contributed by atoms with Crippen LogP contribution < -0.4 is 0 Å². The van der Waals surface area contributed by atoms with E-state index in [0.717, 1.165) is 22.3 Å². The number of ketones is 1. The summed E-state index contributed by atoms with van der Waals surface area (Å²) in [6.45, 7) is 0. The van der Waals surface area contributed by atoms with E-state index < -0.39 is 0 Å². The highest BCUT2D eigenvalue weighted by Gasteiger charge is 2.14. The minimum absolute atomic E-state index is 0.0259. The van der Waals surface area contributed by atoms with Crippen LogP contribution in [0.1, 0.15) is 10.4 Å². The number of fused-ring (bicyclic) bond motifs is 1. The fourth-order valence-corrected chi connectivity index (χ4v) is 3.69. The van der Waals surface area contributed by atoms with Crippen molar-refractivity contribution in [2.45, 2.75) is 5.16 Å². The highest BCUT2D eigenvalue weighted by molar-refractivity contribution is 7.99. The van der Waals surface area contributed by atoms with Crippen molar-refractivity contribution >= 4 is 40.0 Å². The summed E-state index contributed by atoms with van der Waals surface area (Å²) < 4.78 is 1.90. The van der Waals surface area contributed by atoms with Crippen LogP contribution in [0.5, 0.6) is 0 Å². The molecule has 4 rings (SSSR count). The van der Waals surface area contributed by atoms with E-state index in [1.807, 2.05) is 41.9 Å². The summed E-state index contributed by atoms with van der Waals surface area (Å²) in [6, 6.07) is 16.8. The minimum atomic E-state index is 0.0259. The second-order valence-corrected chi connectivity index (χ2v) is 7.37. The van der Waals surface area contributed by atoms with Crippen molar-refractivity contribution in [3.63, 3.8) is 0 Å². The van der Waals surface area contributed by atoms with Crippen LogP contribution in [0, 0.1) is 0 Å². The van der Waals surface area contributed by atoms with Crippen LogP contribution >= 0.6 is 23.4 Å². The van der Waals surface area contributed by atoms with Crippen molar-refractivity contribution in [3.8, 4) is 11.4 Å². The number of Topliss-reactive ketones (excluding diaryl/α,β-unsaturated/α-hetero) is 1. The van der Waals surface area contributed by atoms with Gasteiger partial charge in [-0.3, -0.25) is 9.78 Å². The van der Waals surface area contributed by atoms with Crippen molar-refractivity contribution in [1.82, 2.24) is 19.7 Å². The maximum Gasteiger partial charge on any atom is 0.191 e. The smallest absolute Gasteiger partial charge is 0.191 e. The second kappa shape index (κ2) is 7.50. The lowest BCUT2D eigenvalue weighted by molar-refractivity contribution is 0.102. The number of benzene rings is 2. The Hall–Kier alpha value is -2.70. The SMILES string of the molecule is Cn1c(SCC(=O)c2ccc(Cl)cc2)nnc1-c1ccc2ncccc2c1. The third-order valence-corrected chi connectivity index (χ3v) is 5.47. The number of hydrogen-bond donors (Lipinski definition) is 0. The standard InChI is InChI=1S/C20H15ClN4OS/c1-25-19(15-6-9-17-14(11-15)3-2-10-22-17)23-24-20(25)27-12-18(26)13-4-7-16(21)8-5-13/h2-11H,12H2,1H3. The number of thioether (sulfide) groups is 1. The molecule has 7 heteroatoms. The highest BCUT2D eigenvalue weighted by atomic mass is 35.5. The van der Waals surface area contributed by atoms with Crippen molar-refractivity contribution in [3.05, 3.63) is 71.4 Å². The maximum atomic E-state index is 12.3. The number of rotatable bonds is 5. The van der Waals surface area contributed by atoms with Gasteiger partial charge in [0.2, 0.25) is 0 Å². The third-order valence-electron chi connectivity index (χ3n) is 4.19. The first kappa shape index (κ1) is 17.7. The Morgan fingerprint density at radius 3 is 2.74 bits per heavy atom. The average molecular weight is 395 g/mol. The van der Waals surface area contributed by atoms with Crippen LogP contribution in [0.4, 0.5) is 0 Å². The zero-order chi connectivity index (χ0) is 18.8. The minimum Gasteiger partial charge on any atom is -0.305 e. The van der Waals surface area contributed by atoms with Gasteiger partial charge in [-0.05, 0) is 48.5 Å². The molecule has 27 heavy (non-hydrogen) atoms. The zero-order valence-corrected chi connectivity index (χ0v) is 16.0. The molecule has 0 spiro atoms. The van der Waals surface area contributed by atoms with Crippen molar-refractivity contribution < 1.29 is 4.79 Å². The van der Waals surface area contributed by atoms with Crippen molar-refractivity contribution in [1.29, 1.82) is 0 Å². The number of carbonyl (C=O) groups is 1. The molecule has 2 heterocycles. The summed E-state index contributed by atoms with van der Waals surface area (Å²) in [5.41, 5.74) is 2.53. The molecule has 4 aromatic rings. The van der Waals surface area contributed by atoms with Crippen LogP contribution in [0.15, 0.2) is 66.0 Å². The normalized spacial score (nSPS) is 11.0. The maximum absolute atomic E-state index is 12.3. The lowest BCUT2D eigenvalue weighted by Gasteiger charge is -2.05. The molecule has 0 saturated carbocycles. The van der Waals surface area contributed by atoms with Crippen LogP contribution in [-0.2, 0) is 7.05 Å². The Kier molecular flexibility index (Phi) is 4.92. The van der Waals surface area contributed by atoms with Gasteiger partial charge in [-0.25, -0.2) is 0 Å². The van der Waals surface area contributed by atoms with Gasteiger partial charge in [-0.1, -0.05) is 29.4 Å². The topological polar surface area (TPSA) is 60.7 Å². The van der Waals surface area contributed by atoms with Gasteiger partial charge in [0.05, 0.1) is 11.3 Å². The molecular weight excluding hydrogens is 380 g/mol. The number of nitrogens with zero attached hydrogens (tertiary/aromatic N) is 4. The van der Waals surface area contributed by atoms with Gasteiger partial charge in [-0.2, -0.15) is 0 Å². The van der Waals surface area contributed by atoms with Gasteiger partial charge in [0.25, 0.3) is 0 Å². The lowest BCUT2D eigenvalue weighted by atomic mass is 10.1. The monoisotopic (exact) mass is 394 g/mol. The molecule has 0 saturated heterocycles. The number of halogens is 1. The molecular formula is C20H15ClN4OS. The Balaban J connectivity index is 1.53. The molecule has 2 aromatic heterocycles. The zero-order valence-electron chi connectivity index (χ0n) is 14.5. The Labute approximate surface area is 165 Å². The fourth-order valence-electron chi connectivity index (χ4n) is 2.76. The molecule has 0 aliphatic carbocycles. The van der Waals surface area contributed by atoms with E-state index in [0.29, 0.717) is 15.7 Å². The van der Waals surface area contributed by atoms with E-state index in [4.69, 9.17) is 11.6 Å². The van der Waals surface area contributed by atoms with E-state index in [1.165, 1.54) is 11.8 Å². The molecule has 0 bridgehead atoms. The quantitative estimate of drug-likeness (QED) is 0.364. The summed E-state index contributed by atoms with van der Waals surface area (Å²) in [7, 11) is 1.90. The first-order valence-electron chi connectivity index (χ1n) is 8.28. The van der Waals surface area contributed by atoms with Crippen LogP contribution in [0.3, 0.4) is 0 Å². The fraction of sp³-hybridized carbons (Fsp3) is 0.100. The molecule has 0 N–H and O–H groups in total. The molecule has 0 atom stereocenters. The van der Waals surface area contributed by atoms with E-state index in [2.05, 4.69) is 15.2 Å². The first-order valence-corrected chi connectivity index (χ1v) is 9.64. The van der Waals surface area contributed by atoms with Crippen molar-refractivity contribution in [2.75, 3.05) is 5.75 Å². The van der Waals surface area contributed by atoms with E-state index in [9.17, 15) is 4.79 Å². The molecule has 0 radical (unpaired) electrons. The summed E-state index contributed by atoms with van der Waals surface area (Å²) in [4.78, 5) is 16.7. The lowest BCUT2D eigenvalue weighted by Crippen LogP contribution is -2.03. The van der Waals surface area contributed by atoms with Crippen LogP contribution in [0.25, 0.3) is 22.3 Å². The predicted octanol–water partition coefficient (Wildman–Crippen LogP) is 4.66. The summed E-state index contributed by atoms with van der Waals surface area (Å²) >= 11 is 7.23. The Morgan fingerprint density at radius 2 is 1.93 bits per heavy atom. The molecule has 0 aliphatic rings. The van der Waals surface area contributed by atoms with Gasteiger partial charge < -0.3 is 4.57 Å². The van der Waals surface area contributed by atoms with E-state index in [1.54, 1.807) is 30.5 Å². The molecule has 0 aliphatic heterocycles. The molecule has 0 unspecified atom stereocenters. The summed E-state index contributed by atoms with van der Waals surface area (Å²) in [6.07, 6.45) is 1.77. The van der Waals surface area contributed by atoms with Gasteiger partial charge >= 0.3 is 0 Å². The summed E-state index contributed by atoms with van der Waals surface area (Å²) in [5, 5.41) is 10.9. The molecule has 0 amide bonds. The molecule has 134 valence electrons. The number of hydrogen-bond acceptors (Lipinski definition) is 5. The average Bonchev–Trinajstić information content (AvgIpc) is 3.06. The molecule has 2 aromatic carbocycles. The van der Waals surface area contributed by atoms with Gasteiger partial charge in [0.15, 0.2) is 16.8 Å². The first-order chi connectivity index (χ1) is 13.1.